The molecular formula is C19H26N6S2. The van der Waals surface area contributed by atoms with Crippen LogP contribution in [0.3, 0.4) is 0 Å². The molecule has 1 aromatic carbocycles. The predicted octanol–water partition coefficient (Wildman–Crippen LogP) is 4.00. The van der Waals surface area contributed by atoms with Crippen molar-refractivity contribution in [3.63, 3.8) is 0 Å². The summed E-state index contributed by atoms with van der Waals surface area (Å²) in [6, 6.07) is 8.03. The highest BCUT2D eigenvalue weighted by atomic mass is 32.2. The second kappa shape index (κ2) is 8.84. The number of anilines is 3. The monoisotopic (exact) mass is 402 g/mol. The first kappa shape index (κ1) is 19.8. The van der Waals surface area contributed by atoms with Gasteiger partial charge in [-0.15, -0.1) is 0 Å². The van der Waals surface area contributed by atoms with Gasteiger partial charge < -0.3 is 16.0 Å². The summed E-state index contributed by atoms with van der Waals surface area (Å²) in [5.41, 5.74) is 7.98. The summed E-state index contributed by atoms with van der Waals surface area (Å²) in [6.07, 6.45) is 1.27. The zero-order valence-corrected chi connectivity index (χ0v) is 17.6. The lowest BCUT2D eigenvalue weighted by Gasteiger charge is -2.36. The molecule has 0 aliphatic carbocycles. The Labute approximate surface area is 170 Å². The van der Waals surface area contributed by atoms with Crippen molar-refractivity contribution in [2.45, 2.75) is 32.9 Å². The second-order valence-corrected chi connectivity index (χ2v) is 8.94. The van der Waals surface area contributed by atoms with Crippen molar-refractivity contribution in [2.24, 2.45) is 11.8 Å². The van der Waals surface area contributed by atoms with Gasteiger partial charge in [-0.1, -0.05) is 55.5 Å². The second-order valence-electron chi connectivity index (χ2n) is 7.33. The summed E-state index contributed by atoms with van der Waals surface area (Å²) in [5, 5.41) is 3.18. The third kappa shape index (κ3) is 5.77. The fourth-order valence-corrected chi connectivity index (χ4v) is 4.39. The number of nitrogen functional groups attached to an aromatic ring is 1. The highest BCUT2D eigenvalue weighted by Crippen LogP contribution is 2.25. The first-order chi connectivity index (χ1) is 12.9. The van der Waals surface area contributed by atoms with Crippen LogP contribution in [0.5, 0.6) is 0 Å². The predicted molar refractivity (Wildman–Crippen MR) is 117 cm³/mol. The molecule has 6 nitrogen and oxygen atoms in total. The van der Waals surface area contributed by atoms with Crippen LogP contribution < -0.4 is 11.1 Å². The number of benzene rings is 1. The molecule has 2 heterocycles. The number of thiocarbonyl (C=S) groups is 1. The maximum Gasteiger partial charge on any atom is 0.232 e. The quantitative estimate of drug-likeness (QED) is 0.743. The molecule has 1 aliphatic rings. The van der Waals surface area contributed by atoms with Crippen LogP contribution in [0.4, 0.5) is 17.6 Å². The van der Waals surface area contributed by atoms with Gasteiger partial charge in [0.15, 0.2) is 0 Å². The average molecular weight is 403 g/mol. The van der Waals surface area contributed by atoms with Gasteiger partial charge >= 0.3 is 0 Å². The molecule has 0 radical (unpaired) electrons. The molecule has 144 valence electrons. The lowest BCUT2D eigenvalue weighted by molar-refractivity contribution is 0.219. The highest BCUT2D eigenvalue weighted by Gasteiger charge is 2.23. The zero-order chi connectivity index (χ0) is 19.4. The maximum atomic E-state index is 5.87. The number of aromatic nitrogens is 3. The summed E-state index contributed by atoms with van der Waals surface area (Å²) in [5.74, 6) is 3.21. The maximum absolute atomic E-state index is 5.87. The van der Waals surface area contributed by atoms with Gasteiger partial charge in [0.1, 0.15) is 10.1 Å². The van der Waals surface area contributed by atoms with E-state index in [2.05, 4.69) is 39.0 Å². The Morgan fingerprint density at radius 2 is 1.85 bits per heavy atom. The van der Waals surface area contributed by atoms with Gasteiger partial charge in [0.2, 0.25) is 11.9 Å². The van der Waals surface area contributed by atoms with E-state index in [-0.39, 0.29) is 5.95 Å². The standard InChI is InChI=1S/C19H26N6S2/c1-12-4-6-15(7-5-12)21-18-23-16(22-17(20)24-18)11-27-19(26)25-9-13(2)8-14(3)10-25/h4-7,13-14H,8-11H2,1-3H3,(H3,20,21,22,23,24)/t13-,14-/m1/s1. The number of piperidine rings is 1. The van der Waals surface area contributed by atoms with Crippen molar-refractivity contribution in [1.82, 2.24) is 19.9 Å². The minimum absolute atomic E-state index is 0.210. The van der Waals surface area contributed by atoms with Gasteiger partial charge in [0, 0.05) is 18.8 Å². The van der Waals surface area contributed by atoms with Crippen LogP contribution in [-0.2, 0) is 5.75 Å². The lowest BCUT2D eigenvalue weighted by Crippen LogP contribution is -2.40. The van der Waals surface area contributed by atoms with E-state index in [1.54, 1.807) is 11.8 Å². The van der Waals surface area contributed by atoms with E-state index in [0.29, 0.717) is 29.4 Å². The fourth-order valence-electron chi connectivity index (χ4n) is 3.35. The molecule has 0 amide bonds. The summed E-state index contributed by atoms with van der Waals surface area (Å²) in [6.45, 7) is 8.66. The van der Waals surface area contributed by atoms with Crippen LogP contribution in [0.25, 0.3) is 0 Å². The van der Waals surface area contributed by atoms with E-state index >= 15 is 0 Å². The van der Waals surface area contributed by atoms with E-state index < -0.39 is 0 Å². The number of nitrogens with zero attached hydrogens (tertiary/aromatic N) is 4. The number of thioether (sulfide) groups is 1. The summed E-state index contributed by atoms with van der Waals surface area (Å²) in [7, 11) is 0. The SMILES string of the molecule is Cc1ccc(Nc2nc(N)nc(CSC(=S)N3C[C@H](C)C[C@@H](C)C3)n2)cc1. The highest BCUT2D eigenvalue weighted by molar-refractivity contribution is 8.22. The largest absolute Gasteiger partial charge is 0.368 e. The minimum atomic E-state index is 0.210. The summed E-state index contributed by atoms with van der Waals surface area (Å²) >= 11 is 7.22. The average Bonchev–Trinajstić information content (AvgIpc) is 2.60. The van der Waals surface area contributed by atoms with E-state index in [0.717, 1.165) is 23.1 Å². The van der Waals surface area contributed by atoms with Crippen LogP contribution in [-0.4, -0.2) is 37.3 Å². The fraction of sp³-hybridized carbons (Fsp3) is 0.474. The van der Waals surface area contributed by atoms with E-state index in [4.69, 9.17) is 18.0 Å². The third-order valence-electron chi connectivity index (χ3n) is 4.46. The van der Waals surface area contributed by atoms with Gasteiger partial charge in [-0.25, -0.2) is 0 Å². The smallest absolute Gasteiger partial charge is 0.232 e. The number of hydrogen-bond acceptors (Lipinski definition) is 7. The van der Waals surface area contributed by atoms with Crippen molar-refractivity contribution in [1.29, 1.82) is 0 Å². The first-order valence-corrected chi connectivity index (χ1v) is 10.5. The van der Waals surface area contributed by atoms with Gasteiger partial charge in [-0.2, -0.15) is 15.0 Å². The Hall–Kier alpha value is -1.93. The molecule has 1 aromatic heterocycles. The van der Waals surface area contributed by atoms with Crippen molar-refractivity contribution >= 4 is 45.9 Å². The molecule has 3 rings (SSSR count). The zero-order valence-electron chi connectivity index (χ0n) is 16.0. The molecule has 0 spiro atoms. The molecule has 1 aliphatic heterocycles. The van der Waals surface area contributed by atoms with Gasteiger partial charge in [-0.3, -0.25) is 0 Å². The number of nitrogens with two attached hydrogens (primary N) is 1. The number of nitrogens with one attached hydrogen (secondary N) is 1. The molecule has 8 heteroatoms. The molecule has 3 N–H and O–H groups in total. The lowest BCUT2D eigenvalue weighted by atomic mass is 9.92. The van der Waals surface area contributed by atoms with Crippen molar-refractivity contribution < 1.29 is 0 Å². The molecule has 0 unspecified atom stereocenters. The Morgan fingerprint density at radius 1 is 1.19 bits per heavy atom. The van der Waals surface area contributed by atoms with Gasteiger partial charge in [0.05, 0.1) is 5.75 Å². The topological polar surface area (TPSA) is 80.0 Å². The Morgan fingerprint density at radius 3 is 2.52 bits per heavy atom. The van der Waals surface area contributed by atoms with Crippen LogP contribution in [0, 0.1) is 18.8 Å². The van der Waals surface area contributed by atoms with Crippen LogP contribution in [0.15, 0.2) is 24.3 Å². The minimum Gasteiger partial charge on any atom is -0.368 e. The summed E-state index contributed by atoms with van der Waals surface area (Å²) in [4.78, 5) is 15.2. The molecular weight excluding hydrogens is 376 g/mol. The first-order valence-electron chi connectivity index (χ1n) is 9.15. The van der Waals surface area contributed by atoms with Crippen molar-refractivity contribution in [3.05, 3.63) is 35.7 Å². The molecule has 1 saturated heterocycles. The number of hydrogen-bond donors (Lipinski definition) is 2. The normalized spacial score (nSPS) is 19.7. The Balaban J connectivity index is 1.62. The van der Waals surface area contributed by atoms with Crippen LogP contribution in [0.2, 0.25) is 0 Å². The van der Waals surface area contributed by atoms with Crippen molar-refractivity contribution in [2.75, 3.05) is 24.1 Å². The van der Waals surface area contributed by atoms with Gasteiger partial charge in [0.25, 0.3) is 0 Å². The third-order valence-corrected chi connectivity index (χ3v) is 5.98. The molecule has 2 aromatic rings. The molecule has 2 atom stereocenters. The molecule has 1 fully saturated rings. The number of rotatable bonds is 4. The molecule has 27 heavy (non-hydrogen) atoms. The molecule has 0 bridgehead atoms. The van der Waals surface area contributed by atoms with Crippen molar-refractivity contribution in [3.8, 4) is 0 Å². The van der Waals surface area contributed by atoms with Gasteiger partial charge in [-0.05, 0) is 37.3 Å². The van der Waals surface area contributed by atoms with E-state index in [1.165, 1.54) is 12.0 Å². The van der Waals surface area contributed by atoms with Crippen LogP contribution in [0.1, 0.15) is 31.7 Å². The van der Waals surface area contributed by atoms with E-state index in [9.17, 15) is 0 Å². The Bertz CT molecular complexity index is 785. The number of aryl methyl sites for hydroxylation is 1. The summed E-state index contributed by atoms with van der Waals surface area (Å²) < 4.78 is 0.903. The van der Waals surface area contributed by atoms with E-state index in [1.807, 2.05) is 31.2 Å². The van der Waals surface area contributed by atoms with Crippen LogP contribution >= 0.6 is 24.0 Å². The molecule has 0 saturated carbocycles. The number of likely N-dealkylation sites (tertiary alicyclic amines) is 1. The Kier molecular flexibility index (Phi) is 6.49.